The van der Waals surface area contributed by atoms with Gasteiger partial charge in [-0.15, -0.1) is 0 Å². The minimum atomic E-state index is -0.357. The fraction of sp³-hybridized carbons (Fsp3) is 0.214. The van der Waals surface area contributed by atoms with Crippen molar-refractivity contribution in [2.24, 2.45) is 7.05 Å². The average molecular weight is 454 g/mol. The quantitative estimate of drug-likeness (QED) is 0.472. The second kappa shape index (κ2) is 8.71. The maximum atomic E-state index is 13.6. The van der Waals surface area contributed by atoms with Crippen molar-refractivity contribution in [1.29, 1.82) is 0 Å². The molecule has 1 aromatic heterocycles. The molecule has 0 saturated heterocycles. The van der Waals surface area contributed by atoms with Gasteiger partial charge in [-0.1, -0.05) is 60.2 Å². The smallest absolute Gasteiger partial charge is 0.272 e. The second-order valence-corrected chi connectivity index (χ2v) is 8.71. The van der Waals surface area contributed by atoms with E-state index in [-0.39, 0.29) is 24.4 Å². The van der Waals surface area contributed by atoms with Crippen LogP contribution in [0.25, 0.3) is 10.9 Å². The minimum absolute atomic E-state index is 0.0234. The molecule has 0 bridgehead atoms. The zero-order valence-corrected chi connectivity index (χ0v) is 19.5. The van der Waals surface area contributed by atoms with Crippen molar-refractivity contribution < 1.29 is 14.3 Å². The molecule has 0 fully saturated rings. The number of methoxy groups -OCH3 is 1. The van der Waals surface area contributed by atoms with Gasteiger partial charge in [0.05, 0.1) is 13.2 Å². The predicted molar refractivity (Wildman–Crippen MR) is 132 cm³/mol. The third kappa shape index (κ3) is 3.71. The molecule has 172 valence electrons. The molecule has 2 amide bonds. The summed E-state index contributed by atoms with van der Waals surface area (Å²) in [7, 11) is 3.53. The number of nitrogens with one attached hydrogen (secondary N) is 1. The lowest BCUT2D eigenvalue weighted by Crippen LogP contribution is -2.39. The summed E-state index contributed by atoms with van der Waals surface area (Å²) in [5, 5.41) is 3.99. The highest BCUT2D eigenvalue weighted by molar-refractivity contribution is 6.07. The molecule has 1 aliphatic rings. The number of hydrogen-bond acceptors (Lipinski definition) is 3. The Kier molecular flexibility index (Phi) is 5.57. The van der Waals surface area contributed by atoms with Gasteiger partial charge in [-0.05, 0) is 36.2 Å². The first kappa shape index (κ1) is 21.8. The minimum Gasteiger partial charge on any atom is -0.497 e. The number of ether oxygens (including phenoxy) is 1. The van der Waals surface area contributed by atoms with Gasteiger partial charge in [0, 0.05) is 30.1 Å². The molecule has 1 N–H and O–H groups in total. The number of carbonyl (C=O) groups excluding carboxylic acids is 2. The molecule has 3 aromatic carbocycles. The second-order valence-electron chi connectivity index (χ2n) is 8.71. The number of rotatable bonds is 6. The first-order valence-corrected chi connectivity index (χ1v) is 11.3. The van der Waals surface area contributed by atoms with E-state index >= 15 is 0 Å². The maximum absolute atomic E-state index is 13.6. The van der Waals surface area contributed by atoms with Crippen LogP contribution in [0, 0.1) is 6.92 Å². The summed E-state index contributed by atoms with van der Waals surface area (Å²) in [5.74, 6) is 0.415. The van der Waals surface area contributed by atoms with E-state index in [1.165, 1.54) is 5.56 Å². The summed E-state index contributed by atoms with van der Waals surface area (Å²) in [6.07, 6.45) is 0. The fourth-order valence-corrected chi connectivity index (χ4v) is 4.78. The first-order chi connectivity index (χ1) is 16.5. The van der Waals surface area contributed by atoms with Crippen molar-refractivity contribution in [3.8, 4) is 5.75 Å². The molecular weight excluding hydrogens is 426 g/mol. The number of aromatic nitrogens is 1. The number of carbonyl (C=O) groups is 2. The largest absolute Gasteiger partial charge is 0.497 e. The Hall–Kier alpha value is -4.06. The Labute approximate surface area is 198 Å². The van der Waals surface area contributed by atoms with E-state index in [9.17, 15) is 9.59 Å². The summed E-state index contributed by atoms with van der Waals surface area (Å²) in [5.41, 5.74) is 5.71. The highest BCUT2D eigenvalue weighted by Crippen LogP contribution is 2.43. The van der Waals surface area contributed by atoms with Gasteiger partial charge in [0.25, 0.3) is 5.91 Å². The van der Waals surface area contributed by atoms with Crippen molar-refractivity contribution >= 4 is 22.7 Å². The molecule has 4 aromatic rings. The number of amides is 2. The molecule has 0 spiro atoms. The van der Waals surface area contributed by atoms with Crippen LogP contribution >= 0.6 is 0 Å². The van der Waals surface area contributed by atoms with E-state index in [1.807, 2.05) is 91.3 Å². The Bertz CT molecular complexity index is 1370. The summed E-state index contributed by atoms with van der Waals surface area (Å²) < 4.78 is 7.26. The van der Waals surface area contributed by atoms with Crippen LogP contribution in [0.3, 0.4) is 0 Å². The van der Waals surface area contributed by atoms with Crippen molar-refractivity contribution in [3.05, 3.63) is 101 Å². The SMILES string of the molecule is COc1ccc([C@H]2c3c(n(C)c4ccccc34)C(=O)N2CC(=O)NCc2ccc(C)cc2)cc1. The molecule has 6 nitrogen and oxygen atoms in total. The van der Waals surface area contributed by atoms with E-state index in [0.29, 0.717) is 12.2 Å². The molecule has 0 radical (unpaired) electrons. The van der Waals surface area contributed by atoms with E-state index < -0.39 is 0 Å². The van der Waals surface area contributed by atoms with Gasteiger partial charge in [0.1, 0.15) is 18.0 Å². The van der Waals surface area contributed by atoms with Gasteiger partial charge < -0.3 is 19.5 Å². The first-order valence-electron chi connectivity index (χ1n) is 11.3. The molecule has 5 rings (SSSR count). The highest BCUT2D eigenvalue weighted by atomic mass is 16.5. The Morgan fingerprint density at radius 3 is 2.41 bits per heavy atom. The summed E-state index contributed by atoms with van der Waals surface area (Å²) in [6.45, 7) is 2.43. The van der Waals surface area contributed by atoms with Crippen molar-refractivity contribution in [2.75, 3.05) is 13.7 Å². The van der Waals surface area contributed by atoms with Crippen LogP contribution in [0.5, 0.6) is 5.75 Å². The third-order valence-electron chi connectivity index (χ3n) is 6.55. The zero-order chi connectivity index (χ0) is 23.8. The van der Waals surface area contributed by atoms with Crippen LogP contribution in [-0.2, 0) is 18.4 Å². The van der Waals surface area contributed by atoms with Gasteiger partial charge in [-0.3, -0.25) is 9.59 Å². The molecule has 0 unspecified atom stereocenters. The van der Waals surface area contributed by atoms with E-state index in [0.717, 1.165) is 33.3 Å². The Morgan fingerprint density at radius 1 is 1.00 bits per heavy atom. The number of fused-ring (bicyclic) bond motifs is 3. The lowest BCUT2D eigenvalue weighted by atomic mass is 9.98. The maximum Gasteiger partial charge on any atom is 0.272 e. The molecule has 0 aliphatic carbocycles. The molecule has 1 aliphatic heterocycles. The van der Waals surface area contributed by atoms with Gasteiger partial charge in [0.15, 0.2) is 0 Å². The number of nitrogens with zero attached hydrogens (tertiary/aromatic N) is 2. The van der Waals surface area contributed by atoms with Crippen LogP contribution in [0.4, 0.5) is 0 Å². The van der Waals surface area contributed by atoms with E-state index in [2.05, 4.69) is 5.32 Å². The van der Waals surface area contributed by atoms with Gasteiger partial charge in [-0.25, -0.2) is 0 Å². The Morgan fingerprint density at radius 2 is 1.71 bits per heavy atom. The van der Waals surface area contributed by atoms with Crippen molar-refractivity contribution in [1.82, 2.24) is 14.8 Å². The van der Waals surface area contributed by atoms with Crippen LogP contribution in [0.2, 0.25) is 0 Å². The summed E-state index contributed by atoms with van der Waals surface area (Å²) in [4.78, 5) is 28.3. The van der Waals surface area contributed by atoms with Gasteiger partial charge >= 0.3 is 0 Å². The van der Waals surface area contributed by atoms with Crippen LogP contribution in [0.15, 0.2) is 72.8 Å². The third-order valence-corrected chi connectivity index (χ3v) is 6.55. The van der Waals surface area contributed by atoms with Crippen LogP contribution in [-0.4, -0.2) is 34.9 Å². The highest BCUT2D eigenvalue weighted by Gasteiger charge is 2.42. The monoisotopic (exact) mass is 453 g/mol. The molecule has 2 heterocycles. The van der Waals surface area contributed by atoms with E-state index in [1.54, 1.807) is 12.0 Å². The number of hydrogen-bond donors (Lipinski definition) is 1. The van der Waals surface area contributed by atoms with Gasteiger partial charge in [0.2, 0.25) is 5.91 Å². The normalized spacial score (nSPS) is 15.0. The predicted octanol–water partition coefficient (Wildman–Crippen LogP) is 4.36. The number of para-hydroxylation sites is 1. The lowest BCUT2D eigenvalue weighted by Gasteiger charge is -2.26. The summed E-state index contributed by atoms with van der Waals surface area (Å²) >= 11 is 0. The number of aryl methyl sites for hydroxylation is 2. The van der Waals surface area contributed by atoms with Crippen molar-refractivity contribution in [2.45, 2.75) is 19.5 Å². The molecular formula is C28H27N3O3. The standard InChI is InChI=1S/C28H27N3O3/c1-18-8-10-19(11-9-18)16-29-24(32)17-31-26(20-12-14-21(34-3)15-13-20)25-22-6-4-5-7-23(22)30(2)27(25)28(31)33/h4-15,26H,16-17H2,1-3H3,(H,29,32)/t26-/m0/s1. The molecule has 0 saturated carbocycles. The molecule has 6 heteroatoms. The van der Waals surface area contributed by atoms with E-state index in [4.69, 9.17) is 4.74 Å². The Balaban J connectivity index is 1.48. The molecule has 1 atom stereocenters. The van der Waals surface area contributed by atoms with Crippen LogP contribution in [0.1, 0.15) is 38.8 Å². The lowest BCUT2D eigenvalue weighted by molar-refractivity contribution is -0.122. The van der Waals surface area contributed by atoms with Crippen molar-refractivity contribution in [3.63, 3.8) is 0 Å². The van der Waals surface area contributed by atoms with Crippen LogP contribution < -0.4 is 10.1 Å². The fourth-order valence-electron chi connectivity index (χ4n) is 4.78. The summed E-state index contributed by atoms with van der Waals surface area (Å²) in [6, 6.07) is 23.4. The average Bonchev–Trinajstić information content (AvgIpc) is 3.31. The molecule has 34 heavy (non-hydrogen) atoms. The van der Waals surface area contributed by atoms with Gasteiger partial charge in [-0.2, -0.15) is 0 Å². The topological polar surface area (TPSA) is 63.6 Å². The number of benzene rings is 3. The zero-order valence-electron chi connectivity index (χ0n) is 19.5.